The van der Waals surface area contributed by atoms with Crippen molar-refractivity contribution in [1.29, 1.82) is 0 Å². The van der Waals surface area contributed by atoms with Crippen LogP contribution in [0.5, 0.6) is 0 Å². The number of hydrogen-bond donors (Lipinski definition) is 1. The van der Waals surface area contributed by atoms with Gasteiger partial charge in [0.1, 0.15) is 0 Å². The molecule has 0 radical (unpaired) electrons. The molecule has 1 amide bonds. The molecule has 0 bridgehead atoms. The molecule has 0 saturated heterocycles. The second kappa shape index (κ2) is 6.61. The zero-order valence-corrected chi connectivity index (χ0v) is 14.8. The number of aryl methyl sites for hydroxylation is 1. The number of nitrogens with zero attached hydrogens (tertiary/aromatic N) is 1. The third-order valence-corrected chi connectivity index (χ3v) is 4.89. The van der Waals surface area contributed by atoms with E-state index in [0.717, 1.165) is 18.4 Å². The van der Waals surface area contributed by atoms with Gasteiger partial charge in [-0.2, -0.15) is 0 Å². The molecule has 1 fully saturated rings. The summed E-state index contributed by atoms with van der Waals surface area (Å²) in [5, 5.41) is 2.45. The number of hydrogen-bond acceptors (Lipinski definition) is 2. The summed E-state index contributed by atoms with van der Waals surface area (Å²) < 4.78 is 31.0. The molecule has 4 rings (SSSR count). The largest absolute Gasteiger partial charge is 0.344 e. The highest BCUT2D eigenvalue weighted by Crippen LogP contribution is 2.39. The van der Waals surface area contributed by atoms with Gasteiger partial charge >= 0.3 is 0 Å². The lowest BCUT2D eigenvalue weighted by Gasteiger charge is -2.17. The maximum atomic E-state index is 14.7. The van der Waals surface area contributed by atoms with E-state index in [2.05, 4.69) is 5.32 Å². The molecule has 0 unspecified atom stereocenters. The third-order valence-electron chi connectivity index (χ3n) is 4.89. The Balaban J connectivity index is 1.83. The summed E-state index contributed by atoms with van der Waals surface area (Å²) in [7, 11) is 0. The molecule has 1 heterocycles. The van der Waals surface area contributed by atoms with Gasteiger partial charge in [0, 0.05) is 23.9 Å². The van der Waals surface area contributed by atoms with Gasteiger partial charge in [-0.1, -0.05) is 30.3 Å². The molecule has 0 atom stereocenters. The standard InChI is InChI=1S/C21H18F2N2O2/c1-12-18(22)19(23)20(24-16(27)11-13-5-3-2-4-6-13)17-15(26)9-10-25(21(12)17)14-7-8-14/h2-6,9-10,14H,7-8,11H2,1H3,(H,24,27). The van der Waals surface area contributed by atoms with Crippen molar-refractivity contribution in [3.8, 4) is 0 Å². The first-order valence-electron chi connectivity index (χ1n) is 8.83. The van der Waals surface area contributed by atoms with Crippen LogP contribution in [0.15, 0.2) is 47.4 Å². The molecule has 2 aromatic carbocycles. The van der Waals surface area contributed by atoms with Crippen molar-refractivity contribution in [1.82, 2.24) is 4.57 Å². The van der Waals surface area contributed by atoms with E-state index in [1.165, 1.54) is 13.0 Å². The molecule has 4 nitrogen and oxygen atoms in total. The fraction of sp³-hybridized carbons (Fsp3) is 0.238. The number of rotatable bonds is 4. The second-order valence-electron chi connectivity index (χ2n) is 6.88. The van der Waals surface area contributed by atoms with Crippen molar-refractivity contribution in [3.63, 3.8) is 0 Å². The monoisotopic (exact) mass is 368 g/mol. The molecule has 27 heavy (non-hydrogen) atoms. The van der Waals surface area contributed by atoms with E-state index in [1.807, 2.05) is 6.07 Å². The van der Waals surface area contributed by atoms with Crippen LogP contribution in [0.25, 0.3) is 10.9 Å². The van der Waals surface area contributed by atoms with Crippen LogP contribution in [0.2, 0.25) is 0 Å². The Hall–Kier alpha value is -3.02. The van der Waals surface area contributed by atoms with Gasteiger partial charge in [0.25, 0.3) is 0 Å². The first kappa shape index (κ1) is 17.4. The van der Waals surface area contributed by atoms with Crippen molar-refractivity contribution in [3.05, 3.63) is 75.6 Å². The van der Waals surface area contributed by atoms with Crippen molar-refractivity contribution >= 4 is 22.5 Å². The van der Waals surface area contributed by atoms with Crippen LogP contribution < -0.4 is 10.7 Å². The fourth-order valence-electron chi connectivity index (χ4n) is 3.40. The summed E-state index contributed by atoms with van der Waals surface area (Å²) in [5.74, 6) is -2.75. The molecule has 1 aliphatic carbocycles. The van der Waals surface area contributed by atoms with E-state index < -0.39 is 23.0 Å². The van der Waals surface area contributed by atoms with Crippen LogP contribution in [-0.4, -0.2) is 10.5 Å². The molecule has 1 aliphatic rings. The summed E-state index contributed by atoms with van der Waals surface area (Å²) in [5.41, 5.74) is 0.336. The quantitative estimate of drug-likeness (QED) is 0.754. The molecule has 1 N–H and O–H groups in total. The van der Waals surface area contributed by atoms with E-state index in [-0.39, 0.29) is 29.1 Å². The number of amides is 1. The van der Waals surface area contributed by atoms with Crippen LogP contribution in [0.1, 0.15) is 30.0 Å². The van der Waals surface area contributed by atoms with E-state index in [9.17, 15) is 18.4 Å². The predicted octanol–water partition coefficient (Wildman–Crippen LogP) is 4.10. The minimum atomic E-state index is -1.20. The Labute approximate surface area is 154 Å². The first-order valence-corrected chi connectivity index (χ1v) is 8.83. The predicted molar refractivity (Wildman–Crippen MR) is 99.9 cm³/mol. The lowest BCUT2D eigenvalue weighted by molar-refractivity contribution is -0.115. The van der Waals surface area contributed by atoms with E-state index >= 15 is 0 Å². The van der Waals surface area contributed by atoms with Gasteiger partial charge in [-0.15, -0.1) is 0 Å². The van der Waals surface area contributed by atoms with E-state index in [1.54, 1.807) is 35.0 Å². The molecule has 0 aliphatic heterocycles. The number of benzene rings is 2. The Bertz CT molecular complexity index is 1100. The molecular weight excluding hydrogens is 350 g/mol. The molecule has 1 saturated carbocycles. The highest BCUT2D eigenvalue weighted by Gasteiger charge is 2.28. The fourth-order valence-corrected chi connectivity index (χ4v) is 3.40. The summed E-state index contributed by atoms with van der Waals surface area (Å²) in [6, 6.07) is 10.4. The number of fused-ring (bicyclic) bond motifs is 1. The lowest BCUT2D eigenvalue weighted by Crippen LogP contribution is -2.20. The second-order valence-corrected chi connectivity index (χ2v) is 6.88. The minimum Gasteiger partial charge on any atom is -0.344 e. The number of carbonyl (C=O) groups is 1. The summed E-state index contributed by atoms with van der Waals surface area (Å²) in [4.78, 5) is 24.9. The van der Waals surface area contributed by atoms with Gasteiger partial charge in [0.2, 0.25) is 5.91 Å². The molecule has 1 aromatic heterocycles. The van der Waals surface area contributed by atoms with E-state index in [4.69, 9.17) is 0 Å². The number of halogens is 2. The molecule has 138 valence electrons. The van der Waals surface area contributed by atoms with Gasteiger partial charge in [0.05, 0.1) is 23.0 Å². The third kappa shape index (κ3) is 3.12. The Morgan fingerprint density at radius 1 is 1.15 bits per heavy atom. The maximum Gasteiger partial charge on any atom is 0.228 e. The van der Waals surface area contributed by atoms with Crippen LogP contribution in [0.4, 0.5) is 14.5 Å². The zero-order chi connectivity index (χ0) is 19.1. The lowest BCUT2D eigenvalue weighted by atomic mass is 10.1. The zero-order valence-electron chi connectivity index (χ0n) is 14.8. The molecule has 0 spiro atoms. The number of carbonyl (C=O) groups excluding carboxylic acids is 1. The number of pyridine rings is 1. The molecular formula is C21H18F2N2O2. The smallest absolute Gasteiger partial charge is 0.228 e. The van der Waals surface area contributed by atoms with Gasteiger partial charge in [-0.05, 0) is 25.3 Å². The average molecular weight is 368 g/mol. The Morgan fingerprint density at radius 3 is 2.52 bits per heavy atom. The van der Waals surface area contributed by atoms with Crippen LogP contribution in [-0.2, 0) is 11.2 Å². The highest BCUT2D eigenvalue weighted by atomic mass is 19.2. The van der Waals surface area contributed by atoms with Crippen LogP contribution >= 0.6 is 0 Å². The molecule has 6 heteroatoms. The first-order chi connectivity index (χ1) is 13.0. The van der Waals surface area contributed by atoms with Gasteiger partial charge < -0.3 is 9.88 Å². The highest BCUT2D eigenvalue weighted by molar-refractivity contribution is 6.03. The van der Waals surface area contributed by atoms with Crippen molar-refractivity contribution < 1.29 is 13.6 Å². The van der Waals surface area contributed by atoms with E-state index in [0.29, 0.717) is 5.52 Å². The van der Waals surface area contributed by atoms with Gasteiger partial charge in [0.15, 0.2) is 17.1 Å². The summed E-state index contributed by atoms with van der Waals surface area (Å²) in [6.45, 7) is 1.45. The summed E-state index contributed by atoms with van der Waals surface area (Å²) in [6.07, 6.45) is 3.46. The number of anilines is 1. The minimum absolute atomic E-state index is 0.000911. The van der Waals surface area contributed by atoms with Gasteiger partial charge in [-0.3, -0.25) is 9.59 Å². The normalized spacial score (nSPS) is 13.7. The van der Waals surface area contributed by atoms with Crippen molar-refractivity contribution in [2.24, 2.45) is 0 Å². The van der Waals surface area contributed by atoms with Crippen LogP contribution in [0.3, 0.4) is 0 Å². The Kier molecular flexibility index (Phi) is 4.26. The number of nitrogens with one attached hydrogen (secondary N) is 1. The topological polar surface area (TPSA) is 51.1 Å². The summed E-state index contributed by atoms with van der Waals surface area (Å²) >= 11 is 0. The number of aromatic nitrogens is 1. The van der Waals surface area contributed by atoms with Crippen molar-refractivity contribution in [2.75, 3.05) is 5.32 Å². The van der Waals surface area contributed by atoms with Crippen molar-refractivity contribution in [2.45, 2.75) is 32.2 Å². The van der Waals surface area contributed by atoms with Gasteiger partial charge in [-0.25, -0.2) is 8.78 Å². The maximum absolute atomic E-state index is 14.7. The molecule has 3 aromatic rings. The average Bonchev–Trinajstić information content (AvgIpc) is 3.49. The Morgan fingerprint density at radius 2 is 1.85 bits per heavy atom. The SMILES string of the molecule is Cc1c(F)c(F)c(NC(=O)Cc2ccccc2)c2c(=O)ccn(C3CC3)c12. The van der Waals surface area contributed by atoms with Crippen LogP contribution in [0, 0.1) is 18.6 Å².